The summed E-state index contributed by atoms with van der Waals surface area (Å²) in [4.78, 5) is 37.6. The van der Waals surface area contributed by atoms with Crippen LogP contribution in [0.2, 0.25) is 0 Å². The van der Waals surface area contributed by atoms with Crippen LogP contribution >= 0.6 is 7.82 Å². The number of rotatable bonds is 47. The van der Waals surface area contributed by atoms with Crippen LogP contribution in [0.4, 0.5) is 0 Å². The van der Waals surface area contributed by atoms with Crippen LogP contribution in [0.25, 0.3) is 0 Å². The SMILES string of the molecule is CC/C=C\C/C=C\C/C=C\C/C=C\C/C=C\CC(=O)OC(COC(=O)CCCCCCCCCCCCCCCCCC/C=C\C/C=C\C/C=C\C/C=C\CC)COP(=O)([O-])OCC[N+](C)(C)C. The highest BCUT2D eigenvalue weighted by molar-refractivity contribution is 7.45. The predicted octanol–water partition coefficient (Wildman–Crippen LogP) is 15.6. The molecule has 0 aromatic rings. The Labute approximate surface area is 416 Å². The van der Waals surface area contributed by atoms with E-state index in [-0.39, 0.29) is 26.1 Å². The number of ether oxygens (including phenoxy) is 2. The summed E-state index contributed by atoms with van der Waals surface area (Å²) in [5.41, 5.74) is 0. The van der Waals surface area contributed by atoms with E-state index in [1.54, 1.807) is 6.08 Å². The molecule has 0 aliphatic carbocycles. The Morgan fingerprint density at radius 3 is 1.25 bits per heavy atom. The smallest absolute Gasteiger partial charge is 0.310 e. The predicted molar refractivity (Wildman–Crippen MR) is 286 cm³/mol. The molecule has 0 saturated heterocycles. The minimum atomic E-state index is -4.66. The average molecular weight is 968 g/mol. The van der Waals surface area contributed by atoms with Crippen molar-refractivity contribution in [1.82, 2.24) is 0 Å². The highest BCUT2D eigenvalue weighted by Gasteiger charge is 2.21. The maximum Gasteiger partial charge on any atom is 0.310 e. The molecule has 10 heteroatoms. The molecular formula is C58H98NO8P. The largest absolute Gasteiger partial charge is 0.756 e. The molecule has 2 unspecified atom stereocenters. The van der Waals surface area contributed by atoms with Crippen molar-refractivity contribution in [2.75, 3.05) is 47.5 Å². The van der Waals surface area contributed by atoms with Gasteiger partial charge in [-0.2, -0.15) is 0 Å². The standard InChI is InChI=1S/C58H98NO8P/c1-6-8-10-12-14-16-18-20-22-23-24-25-26-27-28-29-30-31-32-33-34-35-37-38-40-42-44-46-48-50-57(60)64-54-56(55-66-68(62,63)65-53-52-59(3,4)5)67-58(61)51-49-47-45-43-41-39-36-21-19-17-15-13-11-9-7-2/h8-11,14-17,20-22,24-25,36,41,43,47,49,56H,6-7,12-13,18-19,23,26-35,37-40,42,44-46,48,50-55H2,1-5H3/b10-8-,11-9-,16-14-,17-15-,22-20-,25-24-,36-21-,43-41-,49-47-. The van der Waals surface area contributed by atoms with Gasteiger partial charge >= 0.3 is 11.9 Å². The molecule has 0 aromatic carbocycles. The fraction of sp³-hybridized carbons (Fsp3) is 0.655. The van der Waals surface area contributed by atoms with Crippen LogP contribution in [0.5, 0.6) is 0 Å². The Hall–Kier alpha value is -3.33. The van der Waals surface area contributed by atoms with Gasteiger partial charge < -0.3 is 27.9 Å². The lowest BCUT2D eigenvalue weighted by molar-refractivity contribution is -0.870. The molecule has 9 nitrogen and oxygen atoms in total. The lowest BCUT2D eigenvalue weighted by atomic mass is 10.0. The zero-order valence-corrected chi connectivity index (χ0v) is 44.7. The number of carbonyl (C=O) groups excluding carboxylic acids is 2. The number of esters is 2. The first kappa shape index (κ1) is 64.7. The summed E-state index contributed by atoms with van der Waals surface area (Å²) in [6.07, 6.45) is 67.5. The van der Waals surface area contributed by atoms with E-state index in [4.69, 9.17) is 18.5 Å². The molecule has 0 rings (SSSR count). The summed E-state index contributed by atoms with van der Waals surface area (Å²) in [5.74, 6) is -0.986. The highest BCUT2D eigenvalue weighted by atomic mass is 31.2. The van der Waals surface area contributed by atoms with Crippen molar-refractivity contribution >= 4 is 19.8 Å². The second kappa shape index (κ2) is 48.7. The van der Waals surface area contributed by atoms with Gasteiger partial charge in [-0.1, -0.05) is 213 Å². The molecular weight excluding hydrogens is 870 g/mol. The minimum absolute atomic E-state index is 0.0116. The van der Waals surface area contributed by atoms with E-state index in [0.29, 0.717) is 23.9 Å². The summed E-state index contributed by atoms with van der Waals surface area (Å²) >= 11 is 0. The van der Waals surface area contributed by atoms with Gasteiger partial charge in [0.2, 0.25) is 0 Å². The normalized spacial score (nSPS) is 14.3. The van der Waals surface area contributed by atoms with Crippen LogP contribution in [0.1, 0.15) is 194 Å². The third-order valence-corrected chi connectivity index (χ3v) is 11.8. The molecule has 0 heterocycles. The Bertz CT molecular complexity index is 1520. The molecule has 0 aliphatic heterocycles. The molecule has 0 radical (unpaired) electrons. The highest BCUT2D eigenvalue weighted by Crippen LogP contribution is 2.38. The molecule has 0 amide bonds. The van der Waals surface area contributed by atoms with Gasteiger partial charge in [-0.25, -0.2) is 0 Å². The van der Waals surface area contributed by atoms with Gasteiger partial charge in [0, 0.05) is 6.42 Å². The quantitative estimate of drug-likeness (QED) is 0.0195. The summed E-state index contributed by atoms with van der Waals surface area (Å²) in [7, 11) is 1.10. The van der Waals surface area contributed by atoms with Gasteiger partial charge in [0.25, 0.3) is 7.82 Å². The van der Waals surface area contributed by atoms with Gasteiger partial charge in [-0.15, -0.1) is 0 Å². The average Bonchev–Trinajstić information content (AvgIpc) is 3.30. The fourth-order valence-electron chi connectivity index (χ4n) is 6.78. The molecule has 0 saturated carbocycles. The van der Waals surface area contributed by atoms with Crippen molar-refractivity contribution < 1.29 is 42.1 Å². The minimum Gasteiger partial charge on any atom is -0.756 e. The van der Waals surface area contributed by atoms with Gasteiger partial charge in [0.15, 0.2) is 6.10 Å². The number of unbranched alkanes of at least 4 members (excludes halogenated alkanes) is 16. The van der Waals surface area contributed by atoms with E-state index >= 15 is 0 Å². The number of hydrogen-bond donors (Lipinski definition) is 0. The monoisotopic (exact) mass is 968 g/mol. The fourth-order valence-corrected chi connectivity index (χ4v) is 7.51. The molecule has 0 aromatic heterocycles. The maximum atomic E-state index is 12.7. The van der Waals surface area contributed by atoms with E-state index in [9.17, 15) is 19.0 Å². The zero-order chi connectivity index (χ0) is 49.9. The Morgan fingerprint density at radius 2 is 0.838 bits per heavy atom. The van der Waals surface area contributed by atoms with Crippen LogP contribution in [-0.2, 0) is 32.7 Å². The second-order valence-corrected chi connectivity index (χ2v) is 19.9. The van der Waals surface area contributed by atoms with E-state index in [1.165, 1.54) is 83.5 Å². The molecule has 0 aliphatic rings. The number of quaternary nitrogens is 1. The second-order valence-electron chi connectivity index (χ2n) is 18.5. The molecule has 0 bridgehead atoms. The van der Waals surface area contributed by atoms with Crippen LogP contribution < -0.4 is 4.89 Å². The lowest BCUT2D eigenvalue weighted by Gasteiger charge is -2.28. The summed E-state index contributed by atoms with van der Waals surface area (Å²) in [5, 5.41) is 0. The first-order valence-corrected chi connectivity index (χ1v) is 28.1. The lowest BCUT2D eigenvalue weighted by Crippen LogP contribution is -2.37. The van der Waals surface area contributed by atoms with Gasteiger partial charge in [0.1, 0.15) is 19.8 Å². The molecule has 0 fully saturated rings. The van der Waals surface area contributed by atoms with Crippen LogP contribution in [0.3, 0.4) is 0 Å². The Kier molecular flexibility index (Phi) is 46.3. The van der Waals surface area contributed by atoms with Crippen molar-refractivity contribution in [1.29, 1.82) is 0 Å². The maximum absolute atomic E-state index is 12.7. The Morgan fingerprint density at radius 1 is 0.471 bits per heavy atom. The van der Waals surface area contributed by atoms with Gasteiger partial charge in [-0.3, -0.25) is 14.2 Å². The molecule has 0 N–H and O–H groups in total. The van der Waals surface area contributed by atoms with Gasteiger partial charge in [-0.05, 0) is 77.0 Å². The summed E-state index contributed by atoms with van der Waals surface area (Å²) in [6.45, 7) is 3.88. The van der Waals surface area contributed by atoms with E-state index in [0.717, 1.165) is 70.6 Å². The third kappa shape index (κ3) is 52.0. The molecule has 68 heavy (non-hydrogen) atoms. The van der Waals surface area contributed by atoms with Gasteiger partial charge in [0.05, 0.1) is 34.2 Å². The van der Waals surface area contributed by atoms with E-state index in [1.807, 2.05) is 33.3 Å². The number of phosphoric ester groups is 1. The molecule has 388 valence electrons. The topological polar surface area (TPSA) is 111 Å². The number of nitrogens with zero attached hydrogens (tertiary/aromatic N) is 1. The van der Waals surface area contributed by atoms with Crippen molar-refractivity contribution in [2.45, 2.75) is 200 Å². The number of likely N-dealkylation sites (N-methyl/N-ethyl adjacent to an activating group) is 1. The van der Waals surface area contributed by atoms with Crippen LogP contribution in [-0.4, -0.2) is 70.0 Å². The number of phosphoric acid groups is 1. The van der Waals surface area contributed by atoms with E-state index in [2.05, 4.69) is 105 Å². The first-order chi connectivity index (χ1) is 33.0. The number of carbonyl (C=O) groups is 2. The molecule has 2 atom stereocenters. The first-order valence-electron chi connectivity index (χ1n) is 26.6. The van der Waals surface area contributed by atoms with Crippen molar-refractivity contribution in [2.24, 2.45) is 0 Å². The zero-order valence-electron chi connectivity index (χ0n) is 43.8. The van der Waals surface area contributed by atoms with Crippen molar-refractivity contribution in [3.63, 3.8) is 0 Å². The molecule has 0 spiro atoms. The summed E-state index contributed by atoms with van der Waals surface area (Å²) in [6, 6.07) is 0. The third-order valence-electron chi connectivity index (χ3n) is 10.8. The number of allylic oxidation sites excluding steroid dienone is 17. The Balaban J connectivity index is 4.19. The van der Waals surface area contributed by atoms with Crippen molar-refractivity contribution in [3.8, 4) is 0 Å². The van der Waals surface area contributed by atoms with Crippen molar-refractivity contribution in [3.05, 3.63) is 109 Å². The summed E-state index contributed by atoms with van der Waals surface area (Å²) < 4.78 is 33.9. The van der Waals surface area contributed by atoms with Crippen LogP contribution in [0.15, 0.2) is 109 Å². The van der Waals surface area contributed by atoms with E-state index < -0.39 is 32.5 Å². The van der Waals surface area contributed by atoms with Crippen LogP contribution in [0, 0.1) is 0 Å². The number of hydrogen-bond acceptors (Lipinski definition) is 8.